The number of benzene rings is 2. The Morgan fingerprint density at radius 3 is 2.33 bits per heavy atom. The Balaban J connectivity index is 1.48. The maximum Gasteiger partial charge on any atom is 0.123 e. The van der Waals surface area contributed by atoms with Crippen molar-refractivity contribution in [2.75, 3.05) is 20.2 Å². The number of methoxy groups -OCH3 is 1. The van der Waals surface area contributed by atoms with Gasteiger partial charge in [0.2, 0.25) is 0 Å². The highest BCUT2D eigenvalue weighted by molar-refractivity contribution is 5.66. The van der Waals surface area contributed by atoms with Gasteiger partial charge in [-0.3, -0.25) is 0 Å². The minimum atomic E-state index is -0.192. The predicted molar refractivity (Wildman–Crippen MR) is 123 cm³/mol. The molecule has 1 aliphatic heterocycles. The monoisotopic (exact) mass is 409 g/mol. The lowest BCUT2D eigenvalue weighted by Crippen LogP contribution is -2.47. The van der Waals surface area contributed by atoms with Gasteiger partial charge < -0.3 is 9.64 Å². The van der Waals surface area contributed by atoms with Crippen LogP contribution in [0.3, 0.4) is 0 Å². The standard InChI is InChI=1S/C27H36FNO/c1-4-20-6-5-19(2)26(17-20)29-15-13-22(14-16-29)25-18-23(9-12-27(25)30-3)21-7-10-24(28)11-8-21/h7-12,18-20,22,26H,4-6,13-17H2,1-3H3/t19-,20-,26+/m1/s1. The third kappa shape index (κ3) is 4.56. The van der Waals surface area contributed by atoms with Gasteiger partial charge in [0.05, 0.1) is 7.11 Å². The molecule has 1 heterocycles. The Bertz CT molecular complexity index is 825. The first-order valence-electron chi connectivity index (χ1n) is 11.8. The summed E-state index contributed by atoms with van der Waals surface area (Å²) in [4.78, 5) is 2.78. The predicted octanol–water partition coefficient (Wildman–Crippen LogP) is 6.90. The van der Waals surface area contributed by atoms with Crippen molar-refractivity contribution in [3.63, 3.8) is 0 Å². The van der Waals surface area contributed by atoms with E-state index in [0.29, 0.717) is 5.92 Å². The molecular formula is C27H36FNO. The molecule has 1 aliphatic carbocycles. The molecule has 2 fully saturated rings. The normalized spacial score (nSPS) is 25.9. The first-order valence-corrected chi connectivity index (χ1v) is 11.8. The van der Waals surface area contributed by atoms with E-state index >= 15 is 0 Å². The Kier molecular flexibility index (Phi) is 6.77. The molecule has 0 spiro atoms. The van der Waals surface area contributed by atoms with E-state index in [1.807, 2.05) is 12.1 Å². The van der Waals surface area contributed by atoms with Gasteiger partial charge in [0.25, 0.3) is 0 Å². The molecule has 3 atom stereocenters. The molecule has 30 heavy (non-hydrogen) atoms. The zero-order valence-corrected chi connectivity index (χ0v) is 18.7. The fourth-order valence-corrected chi connectivity index (χ4v) is 5.68. The van der Waals surface area contributed by atoms with Gasteiger partial charge in [0.15, 0.2) is 0 Å². The number of hydrogen-bond acceptors (Lipinski definition) is 2. The number of hydrogen-bond donors (Lipinski definition) is 0. The van der Waals surface area contributed by atoms with Crippen LogP contribution in [0.25, 0.3) is 11.1 Å². The SMILES string of the molecule is CC[C@@H]1CC[C@@H](C)[C@@H](N2CCC(c3cc(-c4ccc(F)cc4)ccc3OC)CC2)C1. The molecule has 1 saturated carbocycles. The zero-order valence-electron chi connectivity index (χ0n) is 18.7. The molecule has 2 aliphatic rings. The third-order valence-electron chi connectivity index (χ3n) is 7.68. The highest BCUT2D eigenvalue weighted by atomic mass is 19.1. The lowest BCUT2D eigenvalue weighted by Gasteiger charge is -2.44. The van der Waals surface area contributed by atoms with Crippen LogP contribution in [0, 0.1) is 17.7 Å². The van der Waals surface area contributed by atoms with Crippen LogP contribution in [0.1, 0.15) is 63.9 Å². The molecular weight excluding hydrogens is 373 g/mol. The van der Waals surface area contributed by atoms with Gasteiger partial charge in [0.1, 0.15) is 11.6 Å². The van der Waals surface area contributed by atoms with Crippen LogP contribution in [0.15, 0.2) is 42.5 Å². The summed E-state index contributed by atoms with van der Waals surface area (Å²) in [5.74, 6) is 3.05. The fraction of sp³-hybridized carbons (Fsp3) is 0.556. The highest BCUT2D eigenvalue weighted by Crippen LogP contribution is 2.40. The Morgan fingerprint density at radius 2 is 1.67 bits per heavy atom. The Morgan fingerprint density at radius 1 is 0.967 bits per heavy atom. The van der Waals surface area contributed by atoms with E-state index in [1.54, 1.807) is 7.11 Å². The molecule has 0 amide bonds. The average molecular weight is 410 g/mol. The molecule has 2 aromatic carbocycles. The Labute approximate surface area is 181 Å². The van der Waals surface area contributed by atoms with Gasteiger partial charge >= 0.3 is 0 Å². The van der Waals surface area contributed by atoms with Crippen LogP contribution in [0.2, 0.25) is 0 Å². The van der Waals surface area contributed by atoms with Crippen LogP contribution < -0.4 is 4.74 Å². The second-order valence-electron chi connectivity index (χ2n) is 9.41. The van der Waals surface area contributed by atoms with Crippen LogP contribution >= 0.6 is 0 Å². The number of likely N-dealkylation sites (tertiary alicyclic amines) is 1. The summed E-state index contributed by atoms with van der Waals surface area (Å²) in [6.07, 6.45) is 7.87. The van der Waals surface area contributed by atoms with Crippen molar-refractivity contribution < 1.29 is 9.13 Å². The van der Waals surface area contributed by atoms with E-state index in [0.717, 1.165) is 34.8 Å². The van der Waals surface area contributed by atoms with Gasteiger partial charge in [-0.25, -0.2) is 4.39 Å². The number of rotatable bonds is 5. The van der Waals surface area contributed by atoms with E-state index < -0.39 is 0 Å². The number of ether oxygens (including phenoxy) is 1. The van der Waals surface area contributed by atoms with E-state index in [-0.39, 0.29) is 5.82 Å². The van der Waals surface area contributed by atoms with Crippen molar-refractivity contribution >= 4 is 0 Å². The van der Waals surface area contributed by atoms with Crippen molar-refractivity contribution in [3.05, 3.63) is 53.8 Å². The quantitative estimate of drug-likeness (QED) is 0.533. The lowest BCUT2D eigenvalue weighted by atomic mass is 9.76. The molecule has 3 heteroatoms. The molecule has 0 aromatic heterocycles. The number of halogens is 1. The minimum absolute atomic E-state index is 0.192. The van der Waals surface area contributed by atoms with Gasteiger partial charge in [-0.15, -0.1) is 0 Å². The van der Waals surface area contributed by atoms with E-state index in [4.69, 9.17) is 4.74 Å². The van der Waals surface area contributed by atoms with E-state index in [2.05, 4.69) is 36.9 Å². The molecule has 2 nitrogen and oxygen atoms in total. The molecule has 0 bridgehead atoms. The van der Waals surface area contributed by atoms with Crippen molar-refractivity contribution in [1.29, 1.82) is 0 Å². The maximum absolute atomic E-state index is 13.3. The van der Waals surface area contributed by atoms with Crippen molar-refractivity contribution in [1.82, 2.24) is 4.90 Å². The van der Waals surface area contributed by atoms with E-state index in [9.17, 15) is 4.39 Å². The molecule has 2 aromatic rings. The topological polar surface area (TPSA) is 12.5 Å². The summed E-state index contributed by atoms with van der Waals surface area (Å²) in [5.41, 5.74) is 3.50. The van der Waals surface area contributed by atoms with E-state index in [1.165, 1.54) is 69.3 Å². The summed E-state index contributed by atoms with van der Waals surface area (Å²) >= 11 is 0. The van der Waals surface area contributed by atoms with Crippen molar-refractivity contribution in [2.24, 2.45) is 11.8 Å². The van der Waals surface area contributed by atoms with Crippen molar-refractivity contribution in [2.45, 2.75) is 64.3 Å². The molecule has 0 unspecified atom stereocenters. The lowest BCUT2D eigenvalue weighted by molar-refractivity contribution is 0.0640. The molecule has 0 N–H and O–H groups in total. The summed E-state index contributed by atoms with van der Waals surface area (Å²) in [6, 6.07) is 14.0. The largest absolute Gasteiger partial charge is 0.496 e. The van der Waals surface area contributed by atoms with Crippen LogP contribution in [0.5, 0.6) is 5.75 Å². The number of piperidine rings is 1. The molecule has 162 valence electrons. The maximum atomic E-state index is 13.3. The second-order valence-corrected chi connectivity index (χ2v) is 9.41. The van der Waals surface area contributed by atoms with Crippen LogP contribution in [0.4, 0.5) is 4.39 Å². The second kappa shape index (κ2) is 9.51. The van der Waals surface area contributed by atoms with Gasteiger partial charge in [-0.1, -0.05) is 44.9 Å². The van der Waals surface area contributed by atoms with Gasteiger partial charge in [0, 0.05) is 6.04 Å². The van der Waals surface area contributed by atoms with Crippen molar-refractivity contribution in [3.8, 4) is 16.9 Å². The zero-order chi connectivity index (χ0) is 21.1. The number of nitrogens with zero attached hydrogens (tertiary/aromatic N) is 1. The van der Waals surface area contributed by atoms with Crippen LogP contribution in [-0.2, 0) is 0 Å². The molecule has 4 rings (SSSR count). The minimum Gasteiger partial charge on any atom is -0.496 e. The smallest absolute Gasteiger partial charge is 0.123 e. The summed E-state index contributed by atoms with van der Waals surface area (Å²) in [7, 11) is 1.76. The van der Waals surface area contributed by atoms with Crippen LogP contribution in [-0.4, -0.2) is 31.1 Å². The summed E-state index contributed by atoms with van der Waals surface area (Å²) in [5, 5.41) is 0. The Hall–Kier alpha value is -1.87. The average Bonchev–Trinajstić information content (AvgIpc) is 2.80. The summed E-state index contributed by atoms with van der Waals surface area (Å²) < 4.78 is 19.1. The third-order valence-corrected chi connectivity index (χ3v) is 7.68. The van der Waals surface area contributed by atoms with Gasteiger partial charge in [-0.2, -0.15) is 0 Å². The fourth-order valence-electron chi connectivity index (χ4n) is 5.68. The highest BCUT2D eigenvalue weighted by Gasteiger charge is 2.34. The first kappa shape index (κ1) is 21.4. The summed E-state index contributed by atoms with van der Waals surface area (Å²) in [6.45, 7) is 7.17. The molecule has 0 radical (unpaired) electrons. The van der Waals surface area contributed by atoms with Gasteiger partial charge in [-0.05, 0) is 97.5 Å². The first-order chi connectivity index (χ1) is 14.6. The molecule has 1 saturated heterocycles.